The van der Waals surface area contributed by atoms with Gasteiger partial charge in [0.25, 0.3) is 0 Å². The molecule has 0 radical (unpaired) electrons. The second-order valence-corrected chi connectivity index (χ2v) is 6.56. The van der Waals surface area contributed by atoms with Crippen molar-refractivity contribution < 1.29 is 9.53 Å². The fourth-order valence-electron chi connectivity index (χ4n) is 3.06. The van der Waals surface area contributed by atoms with Crippen LogP contribution < -0.4 is 0 Å². The van der Waals surface area contributed by atoms with E-state index in [-0.39, 0.29) is 5.97 Å². The summed E-state index contributed by atoms with van der Waals surface area (Å²) in [5.74, 6) is -0.222. The maximum Gasteiger partial charge on any atom is 0.334 e. The van der Waals surface area contributed by atoms with Crippen LogP contribution in [-0.2, 0) is 16.0 Å². The lowest BCUT2D eigenvalue weighted by Crippen LogP contribution is -2.39. The van der Waals surface area contributed by atoms with Gasteiger partial charge in [-0.2, -0.15) is 0 Å². The maximum absolute atomic E-state index is 11.6. The predicted molar refractivity (Wildman–Crippen MR) is 90.8 cm³/mol. The number of benzene rings is 1. The number of nitrogens with zero attached hydrogens (tertiary/aromatic N) is 1. The number of hydrogen-bond acceptors (Lipinski definition) is 3. The number of esters is 1. The van der Waals surface area contributed by atoms with Crippen LogP contribution in [0.25, 0.3) is 10.9 Å². The van der Waals surface area contributed by atoms with Gasteiger partial charge in [0.1, 0.15) is 0 Å². The molecule has 0 amide bonds. The molecule has 3 rings (SSSR count). The average Bonchev–Trinajstić information content (AvgIpc) is 2.93. The molecule has 1 aliphatic rings. The van der Waals surface area contributed by atoms with Crippen LogP contribution in [0.5, 0.6) is 0 Å². The number of H-pyrrole nitrogens is 1. The Kier molecular flexibility index (Phi) is 4.36. The summed E-state index contributed by atoms with van der Waals surface area (Å²) in [6, 6.07) is 6.58. The standard InChI is InChI=1S/C17H19BrN2O2/c1-20-10-11(17(21)22-2)6-7-13(20)8-12-9-19-15-5-3-4-14(18)16(12)15/h3-6,9,13,19H,7-8,10H2,1-2H3. The maximum atomic E-state index is 11.6. The van der Waals surface area contributed by atoms with E-state index in [1.165, 1.54) is 18.1 Å². The molecule has 2 heterocycles. The number of hydrogen-bond donors (Lipinski definition) is 1. The largest absolute Gasteiger partial charge is 0.466 e. The minimum Gasteiger partial charge on any atom is -0.466 e. The molecule has 0 saturated carbocycles. The quantitative estimate of drug-likeness (QED) is 0.852. The summed E-state index contributed by atoms with van der Waals surface area (Å²) in [7, 11) is 3.49. The predicted octanol–water partition coefficient (Wildman–Crippen LogP) is 3.28. The topological polar surface area (TPSA) is 45.3 Å². The second kappa shape index (κ2) is 6.26. The zero-order valence-corrected chi connectivity index (χ0v) is 14.3. The van der Waals surface area contributed by atoms with E-state index in [0.29, 0.717) is 12.6 Å². The van der Waals surface area contributed by atoms with Crippen molar-refractivity contribution in [3.05, 3.63) is 46.1 Å². The Hall–Kier alpha value is -1.59. The number of halogens is 1. The number of rotatable bonds is 3. The smallest absolute Gasteiger partial charge is 0.334 e. The van der Waals surface area contributed by atoms with Crippen molar-refractivity contribution in [3.63, 3.8) is 0 Å². The van der Waals surface area contributed by atoms with Crippen LogP contribution in [0.1, 0.15) is 12.0 Å². The van der Waals surface area contributed by atoms with Crippen molar-refractivity contribution in [1.82, 2.24) is 9.88 Å². The number of aromatic nitrogens is 1. The van der Waals surface area contributed by atoms with Crippen molar-refractivity contribution in [2.75, 3.05) is 20.7 Å². The number of ether oxygens (including phenoxy) is 1. The summed E-state index contributed by atoms with van der Waals surface area (Å²) >= 11 is 3.64. The Morgan fingerprint density at radius 3 is 3.05 bits per heavy atom. The molecule has 4 nitrogen and oxygen atoms in total. The molecule has 1 N–H and O–H groups in total. The molecule has 22 heavy (non-hydrogen) atoms. The lowest BCUT2D eigenvalue weighted by Gasteiger charge is -2.31. The highest BCUT2D eigenvalue weighted by Crippen LogP contribution is 2.29. The molecule has 1 aliphatic heterocycles. The van der Waals surface area contributed by atoms with Gasteiger partial charge in [0.2, 0.25) is 0 Å². The summed E-state index contributed by atoms with van der Waals surface area (Å²) in [4.78, 5) is 17.2. The molecule has 116 valence electrons. The Morgan fingerprint density at radius 2 is 2.32 bits per heavy atom. The third-order valence-corrected chi connectivity index (χ3v) is 4.98. The summed E-state index contributed by atoms with van der Waals surface area (Å²) < 4.78 is 5.92. The first kappa shape index (κ1) is 15.3. The Morgan fingerprint density at radius 1 is 1.50 bits per heavy atom. The highest BCUT2D eigenvalue weighted by atomic mass is 79.9. The van der Waals surface area contributed by atoms with Crippen molar-refractivity contribution in [2.45, 2.75) is 18.9 Å². The van der Waals surface area contributed by atoms with E-state index < -0.39 is 0 Å². The van der Waals surface area contributed by atoms with E-state index in [2.05, 4.69) is 51.2 Å². The third kappa shape index (κ3) is 2.83. The summed E-state index contributed by atoms with van der Waals surface area (Å²) in [6.07, 6.45) is 5.91. The van der Waals surface area contributed by atoms with Crippen LogP contribution in [0.2, 0.25) is 0 Å². The number of nitrogens with one attached hydrogen (secondary N) is 1. The molecule has 0 saturated heterocycles. The first-order valence-corrected chi connectivity index (χ1v) is 8.11. The minimum absolute atomic E-state index is 0.222. The van der Waals surface area contributed by atoms with Gasteiger partial charge in [0.15, 0.2) is 0 Å². The zero-order valence-electron chi connectivity index (χ0n) is 12.7. The Bertz CT molecular complexity index is 735. The summed E-state index contributed by atoms with van der Waals surface area (Å²) in [5, 5.41) is 1.25. The number of carbonyl (C=O) groups is 1. The molecule has 5 heteroatoms. The lowest BCUT2D eigenvalue weighted by molar-refractivity contribution is -0.136. The molecule has 1 aromatic heterocycles. The zero-order chi connectivity index (χ0) is 15.7. The Balaban J connectivity index is 1.81. The normalized spacial score (nSPS) is 19.2. The first-order valence-electron chi connectivity index (χ1n) is 7.32. The fourth-order valence-corrected chi connectivity index (χ4v) is 3.68. The molecule has 0 aliphatic carbocycles. The fraction of sp³-hybridized carbons (Fsp3) is 0.353. The van der Waals surface area contributed by atoms with E-state index in [0.717, 1.165) is 28.4 Å². The van der Waals surface area contributed by atoms with E-state index >= 15 is 0 Å². The SMILES string of the molecule is COC(=O)C1=CCC(Cc2c[nH]c3cccc(Br)c23)N(C)C1. The highest BCUT2D eigenvalue weighted by molar-refractivity contribution is 9.10. The van der Waals surface area contributed by atoms with Gasteiger partial charge < -0.3 is 9.72 Å². The van der Waals surface area contributed by atoms with E-state index in [1.54, 1.807) is 0 Å². The molecule has 1 aromatic carbocycles. The van der Waals surface area contributed by atoms with Crippen molar-refractivity contribution in [2.24, 2.45) is 0 Å². The van der Waals surface area contributed by atoms with Gasteiger partial charge in [0, 0.05) is 39.7 Å². The first-order chi connectivity index (χ1) is 10.6. The van der Waals surface area contributed by atoms with Gasteiger partial charge in [-0.1, -0.05) is 28.1 Å². The molecular weight excluding hydrogens is 344 g/mol. The average molecular weight is 363 g/mol. The van der Waals surface area contributed by atoms with Crippen molar-refractivity contribution >= 4 is 32.8 Å². The molecule has 2 aromatic rings. The number of aromatic amines is 1. The number of fused-ring (bicyclic) bond motifs is 1. The monoisotopic (exact) mass is 362 g/mol. The van der Waals surface area contributed by atoms with Crippen LogP contribution in [-0.4, -0.2) is 42.6 Å². The summed E-state index contributed by atoms with van der Waals surface area (Å²) in [6.45, 7) is 0.640. The van der Waals surface area contributed by atoms with E-state index in [1.807, 2.05) is 12.1 Å². The van der Waals surface area contributed by atoms with Crippen LogP contribution >= 0.6 is 15.9 Å². The van der Waals surface area contributed by atoms with Crippen LogP contribution in [0.3, 0.4) is 0 Å². The minimum atomic E-state index is -0.222. The molecule has 1 atom stereocenters. The number of likely N-dealkylation sites (N-methyl/N-ethyl adjacent to an activating group) is 1. The van der Waals surface area contributed by atoms with Gasteiger partial charge in [-0.3, -0.25) is 4.90 Å². The summed E-state index contributed by atoms with van der Waals surface area (Å²) in [5.41, 5.74) is 3.20. The van der Waals surface area contributed by atoms with Crippen LogP contribution in [0.15, 0.2) is 40.5 Å². The molecule has 1 unspecified atom stereocenters. The van der Waals surface area contributed by atoms with Gasteiger partial charge in [0.05, 0.1) is 7.11 Å². The molecular formula is C17H19BrN2O2. The number of carbonyl (C=O) groups excluding carboxylic acids is 1. The van der Waals surface area contributed by atoms with Gasteiger partial charge in [-0.15, -0.1) is 0 Å². The van der Waals surface area contributed by atoms with Crippen LogP contribution in [0, 0.1) is 0 Å². The lowest BCUT2D eigenvalue weighted by atomic mass is 9.96. The highest BCUT2D eigenvalue weighted by Gasteiger charge is 2.24. The second-order valence-electron chi connectivity index (χ2n) is 5.71. The van der Waals surface area contributed by atoms with Crippen molar-refractivity contribution in [1.29, 1.82) is 0 Å². The van der Waals surface area contributed by atoms with Crippen molar-refractivity contribution in [3.8, 4) is 0 Å². The molecule has 0 bridgehead atoms. The van der Waals surface area contributed by atoms with Gasteiger partial charge in [-0.25, -0.2) is 4.79 Å². The Labute approximate surface area is 138 Å². The van der Waals surface area contributed by atoms with Gasteiger partial charge in [-0.05, 0) is 37.6 Å². The van der Waals surface area contributed by atoms with E-state index in [9.17, 15) is 4.79 Å². The number of methoxy groups -OCH3 is 1. The third-order valence-electron chi connectivity index (χ3n) is 4.32. The van der Waals surface area contributed by atoms with Crippen LogP contribution in [0.4, 0.5) is 0 Å². The van der Waals surface area contributed by atoms with Gasteiger partial charge >= 0.3 is 5.97 Å². The molecule has 0 spiro atoms. The van der Waals surface area contributed by atoms with E-state index in [4.69, 9.17) is 4.74 Å². The molecule has 0 fully saturated rings.